The van der Waals surface area contributed by atoms with Gasteiger partial charge in [-0.3, -0.25) is 0 Å². The number of benzene rings is 2. The largest absolute Gasteiger partial charge is 0.486 e. The van der Waals surface area contributed by atoms with E-state index < -0.39 is 15.9 Å². The van der Waals surface area contributed by atoms with Gasteiger partial charge in [-0.25, -0.2) is 13.2 Å². The molecular formula is C18H20N2O5S. The van der Waals surface area contributed by atoms with Crippen LogP contribution in [0.25, 0.3) is 0 Å². The molecular weight excluding hydrogens is 356 g/mol. The van der Waals surface area contributed by atoms with Crippen LogP contribution in [-0.4, -0.2) is 40.0 Å². The summed E-state index contributed by atoms with van der Waals surface area (Å²) in [6, 6.07) is 13.5. The van der Waals surface area contributed by atoms with Crippen LogP contribution in [0, 0.1) is 0 Å². The minimum absolute atomic E-state index is 0.111. The molecule has 1 aliphatic rings. The predicted octanol–water partition coefficient (Wildman–Crippen LogP) is 1.73. The first-order chi connectivity index (χ1) is 12.4. The maximum absolute atomic E-state index is 12.0. The van der Waals surface area contributed by atoms with E-state index in [0.29, 0.717) is 23.7 Å². The number of ether oxygens (including phenoxy) is 2. The lowest BCUT2D eigenvalue weighted by atomic mass is 10.2. The summed E-state index contributed by atoms with van der Waals surface area (Å²) in [5.41, 5.74) is 0.538. The van der Waals surface area contributed by atoms with Crippen molar-refractivity contribution in [2.45, 2.75) is 17.5 Å². The molecule has 2 aromatic carbocycles. The average Bonchev–Trinajstić information content (AvgIpc) is 2.64. The van der Waals surface area contributed by atoms with Crippen molar-refractivity contribution in [3.8, 4) is 11.5 Å². The van der Waals surface area contributed by atoms with Crippen LogP contribution in [-0.2, 0) is 16.4 Å². The number of urea groups is 1. The van der Waals surface area contributed by atoms with E-state index >= 15 is 0 Å². The zero-order valence-electron chi connectivity index (χ0n) is 14.3. The number of sulfone groups is 1. The van der Waals surface area contributed by atoms with E-state index in [1.807, 2.05) is 24.3 Å². The molecule has 1 heterocycles. The predicted molar refractivity (Wildman–Crippen MR) is 96.1 cm³/mol. The molecule has 1 atom stereocenters. The molecule has 0 radical (unpaired) electrons. The zero-order valence-corrected chi connectivity index (χ0v) is 15.1. The van der Waals surface area contributed by atoms with Crippen molar-refractivity contribution < 1.29 is 22.7 Å². The monoisotopic (exact) mass is 376 g/mol. The normalized spacial score (nSPS) is 16.0. The van der Waals surface area contributed by atoms with E-state index in [4.69, 9.17) is 9.47 Å². The topological polar surface area (TPSA) is 93.7 Å². The molecule has 7 nitrogen and oxygen atoms in total. The van der Waals surface area contributed by atoms with Crippen molar-refractivity contribution in [2.24, 2.45) is 0 Å². The van der Waals surface area contributed by atoms with Crippen molar-refractivity contribution in [3.63, 3.8) is 0 Å². The lowest BCUT2D eigenvalue weighted by Crippen LogP contribution is -2.44. The number of hydrogen-bond donors (Lipinski definition) is 2. The van der Waals surface area contributed by atoms with Crippen molar-refractivity contribution in [3.05, 3.63) is 54.1 Å². The fourth-order valence-electron chi connectivity index (χ4n) is 2.62. The summed E-state index contributed by atoms with van der Waals surface area (Å²) in [4.78, 5) is 12.2. The Hall–Kier alpha value is -2.74. The number of carbonyl (C=O) groups excluding carboxylic acids is 1. The van der Waals surface area contributed by atoms with Gasteiger partial charge >= 0.3 is 6.03 Å². The molecule has 0 saturated heterocycles. The molecule has 0 saturated carbocycles. The fraction of sp³-hybridized carbons (Fsp3) is 0.278. The van der Waals surface area contributed by atoms with E-state index in [0.717, 1.165) is 6.26 Å². The molecule has 2 aromatic rings. The van der Waals surface area contributed by atoms with Gasteiger partial charge in [-0.2, -0.15) is 0 Å². The summed E-state index contributed by atoms with van der Waals surface area (Å²) >= 11 is 0. The minimum Gasteiger partial charge on any atom is -0.486 e. The number of para-hydroxylation sites is 2. The van der Waals surface area contributed by atoms with Gasteiger partial charge in [0.15, 0.2) is 27.4 Å². The highest BCUT2D eigenvalue weighted by atomic mass is 32.2. The summed E-state index contributed by atoms with van der Waals surface area (Å²) < 4.78 is 34.9. The number of fused-ring (bicyclic) bond motifs is 1. The van der Waals surface area contributed by atoms with Crippen LogP contribution >= 0.6 is 0 Å². The smallest absolute Gasteiger partial charge is 0.315 e. The maximum Gasteiger partial charge on any atom is 0.315 e. The number of hydrogen-bond acceptors (Lipinski definition) is 5. The van der Waals surface area contributed by atoms with Gasteiger partial charge in [0.2, 0.25) is 0 Å². The number of amides is 2. The van der Waals surface area contributed by atoms with Gasteiger partial charge in [0, 0.05) is 12.8 Å². The molecule has 26 heavy (non-hydrogen) atoms. The lowest BCUT2D eigenvalue weighted by Gasteiger charge is -2.26. The highest BCUT2D eigenvalue weighted by Crippen LogP contribution is 2.30. The molecule has 2 N–H and O–H groups in total. The van der Waals surface area contributed by atoms with Gasteiger partial charge in [-0.1, -0.05) is 30.3 Å². The lowest BCUT2D eigenvalue weighted by molar-refractivity contribution is 0.0918. The molecule has 0 aromatic heterocycles. The fourth-order valence-corrected chi connectivity index (χ4v) is 3.56. The summed E-state index contributed by atoms with van der Waals surface area (Å²) in [6.45, 7) is 0.724. The molecule has 0 bridgehead atoms. The van der Waals surface area contributed by atoms with Crippen LogP contribution in [0.1, 0.15) is 5.56 Å². The van der Waals surface area contributed by atoms with Crippen LogP contribution in [0.3, 0.4) is 0 Å². The number of carbonyl (C=O) groups is 1. The maximum atomic E-state index is 12.0. The number of rotatable bonds is 5. The average molecular weight is 376 g/mol. The van der Waals surface area contributed by atoms with E-state index in [-0.39, 0.29) is 24.1 Å². The van der Waals surface area contributed by atoms with Gasteiger partial charge in [-0.05, 0) is 23.8 Å². The molecule has 2 amide bonds. The highest BCUT2D eigenvalue weighted by Gasteiger charge is 2.21. The third-order valence-electron chi connectivity index (χ3n) is 3.87. The molecule has 0 spiro atoms. The Morgan fingerprint density at radius 3 is 2.54 bits per heavy atom. The van der Waals surface area contributed by atoms with E-state index in [1.54, 1.807) is 18.2 Å². The van der Waals surface area contributed by atoms with Crippen LogP contribution < -0.4 is 20.1 Å². The first kappa shape index (κ1) is 18.1. The summed E-state index contributed by atoms with van der Waals surface area (Å²) in [5.74, 6) is 1.33. The molecule has 138 valence electrons. The van der Waals surface area contributed by atoms with Crippen LogP contribution in [0.15, 0.2) is 53.4 Å². The van der Waals surface area contributed by atoms with Gasteiger partial charge in [0.05, 0.1) is 11.4 Å². The second-order valence-electron chi connectivity index (χ2n) is 5.94. The Balaban J connectivity index is 1.50. The van der Waals surface area contributed by atoms with Crippen molar-refractivity contribution in [2.75, 3.05) is 19.4 Å². The van der Waals surface area contributed by atoms with E-state index in [2.05, 4.69) is 10.6 Å². The van der Waals surface area contributed by atoms with Gasteiger partial charge in [0.1, 0.15) is 6.61 Å². The third kappa shape index (κ3) is 4.45. The summed E-state index contributed by atoms with van der Waals surface area (Å²) in [7, 11) is -3.35. The van der Waals surface area contributed by atoms with Crippen LogP contribution in [0.5, 0.6) is 11.5 Å². The standard InChI is InChI=1S/C18H20N2O5S/c1-26(22,23)17-9-5-2-6-13(17)10-19-18(21)20-11-14-12-24-15-7-3-4-8-16(15)25-14/h2-9,14H,10-12H2,1H3,(H2,19,20,21). The van der Waals surface area contributed by atoms with Crippen molar-refractivity contribution >= 4 is 15.9 Å². The quantitative estimate of drug-likeness (QED) is 0.829. The third-order valence-corrected chi connectivity index (χ3v) is 5.07. The van der Waals surface area contributed by atoms with E-state index in [1.165, 1.54) is 6.07 Å². The Morgan fingerprint density at radius 1 is 1.08 bits per heavy atom. The van der Waals surface area contributed by atoms with Crippen molar-refractivity contribution in [1.29, 1.82) is 0 Å². The molecule has 0 fully saturated rings. The Kier molecular flexibility index (Phi) is 5.32. The van der Waals surface area contributed by atoms with Crippen LogP contribution in [0.2, 0.25) is 0 Å². The second kappa shape index (κ2) is 7.65. The molecule has 3 rings (SSSR count). The van der Waals surface area contributed by atoms with E-state index in [9.17, 15) is 13.2 Å². The van der Waals surface area contributed by atoms with Gasteiger partial charge < -0.3 is 20.1 Å². The SMILES string of the molecule is CS(=O)(=O)c1ccccc1CNC(=O)NCC1COc2ccccc2O1. The zero-order chi connectivity index (χ0) is 18.6. The Morgan fingerprint density at radius 2 is 1.77 bits per heavy atom. The highest BCUT2D eigenvalue weighted by molar-refractivity contribution is 7.90. The molecule has 1 aliphatic heterocycles. The second-order valence-corrected chi connectivity index (χ2v) is 7.93. The first-order valence-corrected chi connectivity index (χ1v) is 10.0. The summed E-state index contributed by atoms with van der Waals surface area (Å²) in [5, 5.41) is 5.37. The minimum atomic E-state index is -3.35. The van der Waals surface area contributed by atoms with Gasteiger partial charge in [-0.15, -0.1) is 0 Å². The Bertz CT molecular complexity index is 898. The first-order valence-electron chi connectivity index (χ1n) is 8.11. The molecule has 8 heteroatoms. The van der Waals surface area contributed by atoms with Crippen LogP contribution in [0.4, 0.5) is 4.79 Å². The Labute approximate surface area is 152 Å². The molecule has 0 aliphatic carbocycles. The van der Waals surface area contributed by atoms with Gasteiger partial charge in [0.25, 0.3) is 0 Å². The van der Waals surface area contributed by atoms with Crippen molar-refractivity contribution in [1.82, 2.24) is 10.6 Å². The number of nitrogens with one attached hydrogen (secondary N) is 2. The molecule has 1 unspecified atom stereocenters. The summed E-state index contributed by atoms with van der Waals surface area (Å²) in [6.07, 6.45) is 0.850.